The predicted octanol–water partition coefficient (Wildman–Crippen LogP) is 2.01. The molecule has 2 aromatic rings. The van der Waals surface area contributed by atoms with Gasteiger partial charge in [-0.05, 0) is 6.42 Å². The van der Waals surface area contributed by atoms with E-state index < -0.39 is 0 Å². The third-order valence-corrected chi connectivity index (χ3v) is 5.58. The number of thioether (sulfide) groups is 1. The number of aromatic nitrogens is 4. The maximum absolute atomic E-state index is 11.9. The van der Waals surface area contributed by atoms with E-state index in [1.165, 1.54) is 0 Å². The van der Waals surface area contributed by atoms with Crippen molar-refractivity contribution in [1.29, 1.82) is 0 Å². The number of carbonyl (C=O) groups excluding carboxylic acids is 1. The molecule has 0 spiro atoms. The van der Waals surface area contributed by atoms with Crippen molar-refractivity contribution < 1.29 is 4.79 Å². The number of nitrogens with zero attached hydrogens (tertiary/aromatic N) is 4. The fourth-order valence-corrected chi connectivity index (χ4v) is 3.55. The fourth-order valence-electron chi connectivity index (χ4n) is 2.80. The van der Waals surface area contributed by atoms with Gasteiger partial charge in [0.05, 0.1) is 0 Å². The third-order valence-electron chi connectivity index (χ3n) is 4.42. The zero-order valence-corrected chi connectivity index (χ0v) is 15.7. The van der Waals surface area contributed by atoms with Crippen LogP contribution in [0, 0.1) is 0 Å². The van der Waals surface area contributed by atoms with Crippen LogP contribution in [0.2, 0.25) is 0 Å². The van der Waals surface area contributed by atoms with Crippen LogP contribution in [0.3, 0.4) is 0 Å². The lowest BCUT2D eigenvalue weighted by Crippen LogP contribution is -2.31. The van der Waals surface area contributed by atoms with Gasteiger partial charge in [-0.1, -0.05) is 25.6 Å². The van der Waals surface area contributed by atoms with E-state index in [2.05, 4.69) is 44.2 Å². The van der Waals surface area contributed by atoms with Crippen molar-refractivity contribution in [2.75, 3.05) is 13.6 Å². The number of H-pyrrole nitrogens is 1. The van der Waals surface area contributed by atoms with Crippen molar-refractivity contribution >= 4 is 17.7 Å². The van der Waals surface area contributed by atoms with Crippen molar-refractivity contribution in [3.8, 4) is 0 Å². The first-order valence-corrected chi connectivity index (χ1v) is 9.46. The molecule has 8 heteroatoms. The van der Waals surface area contributed by atoms with Crippen LogP contribution in [0.5, 0.6) is 0 Å². The van der Waals surface area contributed by atoms with E-state index in [-0.39, 0.29) is 5.91 Å². The van der Waals surface area contributed by atoms with Gasteiger partial charge in [-0.25, -0.2) is 9.97 Å². The topological polar surface area (TPSA) is 86.8 Å². The molecule has 2 aromatic heterocycles. The summed E-state index contributed by atoms with van der Waals surface area (Å²) < 4.78 is 0. The maximum atomic E-state index is 11.9. The lowest BCUT2D eigenvalue weighted by Gasteiger charge is -2.26. The molecular formula is C17H24N6OS. The highest BCUT2D eigenvalue weighted by atomic mass is 32.2. The molecule has 0 saturated carbocycles. The molecule has 7 nitrogen and oxygen atoms in total. The molecule has 0 unspecified atom stereocenters. The van der Waals surface area contributed by atoms with Crippen LogP contribution >= 0.6 is 11.8 Å². The van der Waals surface area contributed by atoms with Crippen LogP contribution in [-0.4, -0.2) is 49.8 Å². The number of hydrogen-bond acceptors (Lipinski definition) is 6. The normalized spacial score (nSPS) is 15.6. The van der Waals surface area contributed by atoms with Crippen molar-refractivity contribution in [2.24, 2.45) is 0 Å². The summed E-state index contributed by atoms with van der Waals surface area (Å²) in [5.74, 6) is -0.144. The summed E-state index contributed by atoms with van der Waals surface area (Å²) in [6.45, 7) is 6.75. The summed E-state index contributed by atoms with van der Waals surface area (Å²) in [5.41, 5.74) is 3.64. The Morgan fingerprint density at radius 3 is 2.88 bits per heavy atom. The SMILES string of the molecule is CC[C@H](C)Sc1ncc(CN2CCc3[nH]nc(C(=O)NC)c3C2)cn1. The quantitative estimate of drug-likeness (QED) is 0.605. The van der Waals surface area contributed by atoms with Gasteiger partial charge in [-0.2, -0.15) is 5.10 Å². The Bertz CT molecular complexity index is 729. The molecule has 25 heavy (non-hydrogen) atoms. The van der Waals surface area contributed by atoms with Gasteiger partial charge in [-0.15, -0.1) is 0 Å². The molecule has 0 aliphatic carbocycles. The molecule has 1 aliphatic heterocycles. The van der Waals surface area contributed by atoms with E-state index in [0.29, 0.717) is 17.5 Å². The maximum Gasteiger partial charge on any atom is 0.271 e. The van der Waals surface area contributed by atoms with E-state index in [9.17, 15) is 4.79 Å². The number of fused-ring (bicyclic) bond motifs is 1. The highest BCUT2D eigenvalue weighted by Crippen LogP contribution is 2.23. The molecule has 1 aliphatic rings. The minimum absolute atomic E-state index is 0.144. The first kappa shape index (κ1) is 17.9. The minimum atomic E-state index is -0.144. The Hall–Kier alpha value is -1.93. The van der Waals surface area contributed by atoms with Crippen molar-refractivity contribution in [2.45, 2.75) is 50.2 Å². The molecule has 2 N–H and O–H groups in total. The number of rotatable bonds is 6. The lowest BCUT2D eigenvalue weighted by molar-refractivity contribution is 0.0955. The van der Waals surface area contributed by atoms with Gasteiger partial charge in [0.2, 0.25) is 0 Å². The first-order chi connectivity index (χ1) is 12.1. The summed E-state index contributed by atoms with van der Waals surface area (Å²) in [7, 11) is 1.63. The third kappa shape index (κ3) is 4.19. The summed E-state index contributed by atoms with van der Waals surface area (Å²) in [6.07, 6.45) is 5.77. The molecule has 3 rings (SSSR count). The molecule has 0 bridgehead atoms. The molecule has 0 saturated heterocycles. The molecule has 1 amide bonds. The Labute approximate surface area is 152 Å². The second-order valence-electron chi connectivity index (χ2n) is 6.28. The first-order valence-electron chi connectivity index (χ1n) is 8.58. The summed E-state index contributed by atoms with van der Waals surface area (Å²) in [5, 5.41) is 11.2. The molecule has 0 fully saturated rings. The zero-order valence-electron chi connectivity index (χ0n) is 14.9. The largest absolute Gasteiger partial charge is 0.354 e. The average molecular weight is 360 g/mol. The minimum Gasteiger partial charge on any atom is -0.354 e. The monoisotopic (exact) mass is 360 g/mol. The Balaban J connectivity index is 1.65. The smallest absolute Gasteiger partial charge is 0.271 e. The standard InChI is InChI=1S/C17H24N6OS/c1-4-11(2)25-17-19-7-12(8-20-17)9-23-6-5-14-13(10-23)15(22-21-14)16(24)18-3/h7-8,11H,4-6,9-10H2,1-3H3,(H,18,24)(H,21,22)/t11-/m0/s1. The van der Waals surface area contributed by atoms with E-state index in [1.54, 1.807) is 18.8 Å². The highest BCUT2D eigenvalue weighted by molar-refractivity contribution is 7.99. The molecular weight excluding hydrogens is 336 g/mol. The average Bonchev–Trinajstić information content (AvgIpc) is 3.06. The summed E-state index contributed by atoms with van der Waals surface area (Å²) in [4.78, 5) is 23.2. The molecule has 3 heterocycles. The van der Waals surface area contributed by atoms with Crippen molar-refractivity contribution in [1.82, 2.24) is 30.4 Å². The van der Waals surface area contributed by atoms with Gasteiger partial charge >= 0.3 is 0 Å². The highest BCUT2D eigenvalue weighted by Gasteiger charge is 2.25. The lowest BCUT2D eigenvalue weighted by atomic mass is 10.0. The van der Waals surface area contributed by atoms with Gasteiger partial charge in [0.15, 0.2) is 10.9 Å². The Kier molecular flexibility index (Phi) is 5.70. The van der Waals surface area contributed by atoms with Gasteiger partial charge in [-0.3, -0.25) is 14.8 Å². The van der Waals surface area contributed by atoms with E-state index in [1.807, 2.05) is 12.4 Å². The van der Waals surface area contributed by atoms with Crippen LogP contribution < -0.4 is 5.32 Å². The number of nitrogens with one attached hydrogen (secondary N) is 2. The van der Waals surface area contributed by atoms with Gasteiger partial charge < -0.3 is 5.32 Å². The van der Waals surface area contributed by atoms with Crippen molar-refractivity contribution in [3.63, 3.8) is 0 Å². The predicted molar refractivity (Wildman–Crippen MR) is 97.4 cm³/mol. The van der Waals surface area contributed by atoms with Crippen LogP contribution in [-0.2, 0) is 19.5 Å². The molecule has 0 radical (unpaired) electrons. The van der Waals surface area contributed by atoms with Crippen LogP contribution in [0.25, 0.3) is 0 Å². The van der Waals surface area contributed by atoms with Crippen LogP contribution in [0.4, 0.5) is 0 Å². The van der Waals surface area contributed by atoms with Gasteiger partial charge in [0, 0.05) is 67.6 Å². The Morgan fingerprint density at radius 2 is 2.20 bits per heavy atom. The second kappa shape index (κ2) is 7.97. The van der Waals surface area contributed by atoms with Gasteiger partial charge in [0.25, 0.3) is 5.91 Å². The number of hydrogen-bond donors (Lipinski definition) is 2. The fraction of sp³-hybridized carbons (Fsp3) is 0.529. The summed E-state index contributed by atoms with van der Waals surface area (Å²) in [6, 6.07) is 0. The van der Waals surface area contributed by atoms with E-state index >= 15 is 0 Å². The van der Waals surface area contributed by atoms with Crippen LogP contribution in [0.15, 0.2) is 17.6 Å². The molecule has 1 atom stereocenters. The Morgan fingerprint density at radius 1 is 1.44 bits per heavy atom. The number of carbonyl (C=O) groups is 1. The van der Waals surface area contributed by atoms with Gasteiger partial charge in [0.1, 0.15) is 0 Å². The van der Waals surface area contributed by atoms with Crippen molar-refractivity contribution in [3.05, 3.63) is 34.9 Å². The van der Waals surface area contributed by atoms with Crippen LogP contribution in [0.1, 0.15) is 47.6 Å². The zero-order chi connectivity index (χ0) is 17.8. The number of amides is 1. The molecule has 0 aromatic carbocycles. The van der Waals surface area contributed by atoms with E-state index in [4.69, 9.17) is 0 Å². The summed E-state index contributed by atoms with van der Waals surface area (Å²) >= 11 is 1.71. The van der Waals surface area contributed by atoms with E-state index in [0.717, 1.165) is 47.9 Å². The number of aromatic amines is 1. The molecule has 134 valence electrons. The second-order valence-corrected chi connectivity index (χ2v) is 7.69.